The first-order valence-electron chi connectivity index (χ1n) is 2.52. The maximum atomic E-state index is 4.29. The van der Waals surface area contributed by atoms with Gasteiger partial charge in [-0.2, -0.15) is 12.6 Å². The molecule has 1 aliphatic rings. The zero-order valence-corrected chi connectivity index (χ0v) is 7.05. The summed E-state index contributed by atoms with van der Waals surface area (Å²) >= 11 is 10.4. The minimum absolute atomic E-state index is 0.375. The summed E-state index contributed by atoms with van der Waals surface area (Å²) in [5.41, 5.74) is 0. The molecule has 1 heterocycles. The summed E-state index contributed by atoms with van der Waals surface area (Å²) in [6, 6.07) is 0. The number of thioether (sulfide) groups is 1. The third kappa shape index (κ3) is 1.76. The predicted molar refractivity (Wildman–Crippen MR) is 45.5 cm³/mol. The summed E-state index contributed by atoms with van der Waals surface area (Å²) in [6.07, 6.45) is 1.15. The monoisotopic (exact) mass is 167 g/mol. The van der Waals surface area contributed by atoms with E-state index in [9.17, 15) is 0 Å². The van der Waals surface area contributed by atoms with Crippen molar-refractivity contribution in [3.63, 3.8) is 0 Å². The van der Waals surface area contributed by atoms with Crippen molar-refractivity contribution in [2.24, 2.45) is 0 Å². The van der Waals surface area contributed by atoms with Gasteiger partial charge in [-0.1, -0.05) is 12.8 Å². The first-order valence-corrected chi connectivity index (χ1v) is 4.59. The van der Waals surface area contributed by atoms with Gasteiger partial charge in [0.2, 0.25) is 0 Å². The van der Waals surface area contributed by atoms with E-state index in [2.05, 4.69) is 25.4 Å². The molecule has 0 saturated carbocycles. The highest BCUT2D eigenvalue weighted by molar-refractivity contribution is 7.99. The van der Waals surface area contributed by atoms with Crippen LogP contribution >= 0.6 is 37.2 Å². The Morgan fingerprint density at radius 3 is 2.75 bits per heavy atom. The van der Waals surface area contributed by atoms with Crippen LogP contribution in [0.1, 0.15) is 6.42 Å². The van der Waals surface area contributed by atoms with E-state index in [1.54, 1.807) is 0 Å². The van der Waals surface area contributed by atoms with Gasteiger partial charge in [0.1, 0.15) is 0 Å². The van der Waals surface area contributed by atoms with Crippen molar-refractivity contribution in [2.45, 2.75) is 11.8 Å². The molecule has 0 spiro atoms. The lowest BCUT2D eigenvalue weighted by molar-refractivity contribution is 0.499. The second kappa shape index (κ2) is 3.25. The second-order valence-corrected chi connectivity index (χ2v) is 3.93. The molecule has 0 radical (unpaired) electrons. The topological polar surface area (TPSA) is 3.24 Å². The van der Waals surface area contributed by atoms with E-state index in [1.807, 2.05) is 16.1 Å². The molecule has 1 atom stereocenters. The number of rotatable bonds is 0. The lowest BCUT2D eigenvalue weighted by Gasteiger charge is -2.26. The number of hydrogen-bond donors (Lipinski definition) is 2. The minimum Gasteiger partial charge on any atom is -0.231 e. The Morgan fingerprint density at radius 2 is 2.38 bits per heavy atom. The Balaban J connectivity index is 2.28. The molecule has 1 aliphatic heterocycles. The van der Waals surface area contributed by atoms with Crippen molar-refractivity contribution in [3.05, 3.63) is 0 Å². The van der Waals surface area contributed by atoms with Crippen LogP contribution in [-0.4, -0.2) is 21.3 Å². The van der Waals surface area contributed by atoms with Gasteiger partial charge in [-0.15, -0.1) is 11.8 Å². The summed E-state index contributed by atoms with van der Waals surface area (Å²) in [7, 11) is 0. The summed E-state index contributed by atoms with van der Waals surface area (Å²) < 4.78 is 1.96. The second-order valence-electron chi connectivity index (χ2n) is 1.75. The van der Waals surface area contributed by atoms with Crippen LogP contribution in [-0.2, 0) is 0 Å². The van der Waals surface area contributed by atoms with Crippen LogP contribution in [0.15, 0.2) is 0 Å². The first kappa shape index (κ1) is 7.12. The van der Waals surface area contributed by atoms with Crippen LogP contribution in [0, 0.1) is 0 Å². The van der Waals surface area contributed by atoms with Gasteiger partial charge in [0.15, 0.2) is 0 Å². The average Bonchev–Trinajstić information content (AvgIpc) is 1.77. The molecule has 0 aromatic heterocycles. The summed E-state index contributed by atoms with van der Waals surface area (Å²) in [5, 5.41) is 0.375. The molecular weight excluding hydrogens is 158 g/mol. The molecule has 0 aromatic rings. The molecule has 0 amide bonds. The zero-order chi connectivity index (χ0) is 5.98. The van der Waals surface area contributed by atoms with E-state index >= 15 is 0 Å². The molecular formula is C4H9NS3. The van der Waals surface area contributed by atoms with Crippen LogP contribution in [0.2, 0.25) is 0 Å². The number of hydrogen-bond acceptors (Lipinski definition) is 4. The fraction of sp³-hybridized carbons (Fsp3) is 1.00. The van der Waals surface area contributed by atoms with E-state index < -0.39 is 0 Å². The third-order valence-corrected chi connectivity index (χ3v) is 3.40. The van der Waals surface area contributed by atoms with Gasteiger partial charge >= 0.3 is 0 Å². The minimum atomic E-state index is 0.375. The van der Waals surface area contributed by atoms with E-state index in [4.69, 9.17) is 0 Å². The maximum absolute atomic E-state index is 4.29. The zero-order valence-electron chi connectivity index (χ0n) is 4.45. The van der Waals surface area contributed by atoms with Crippen LogP contribution in [0.25, 0.3) is 0 Å². The molecule has 0 bridgehead atoms. The Bertz CT molecular complexity index is 67.7. The standard InChI is InChI=1S/C4H9NS3/c6-4-1-2-8-3-5(4)7/h4,6-7H,1-3H2. The molecule has 1 rings (SSSR count). The van der Waals surface area contributed by atoms with E-state index in [0.29, 0.717) is 5.37 Å². The molecule has 4 heteroatoms. The molecule has 0 aliphatic carbocycles. The Hall–Kier alpha value is 1.01. The largest absolute Gasteiger partial charge is 0.231 e. The maximum Gasteiger partial charge on any atom is 0.0641 e. The van der Waals surface area contributed by atoms with Gasteiger partial charge in [0, 0.05) is 0 Å². The van der Waals surface area contributed by atoms with Crippen LogP contribution < -0.4 is 0 Å². The molecule has 8 heavy (non-hydrogen) atoms. The third-order valence-electron chi connectivity index (χ3n) is 1.09. The van der Waals surface area contributed by atoms with Crippen LogP contribution in [0.4, 0.5) is 0 Å². The van der Waals surface area contributed by atoms with Crippen molar-refractivity contribution in [1.82, 2.24) is 4.31 Å². The lowest BCUT2D eigenvalue weighted by Crippen LogP contribution is -2.26. The first-order chi connectivity index (χ1) is 3.80. The average molecular weight is 167 g/mol. The summed E-state index contributed by atoms with van der Waals surface area (Å²) in [6.45, 7) is 0. The quantitative estimate of drug-likeness (QED) is 0.526. The van der Waals surface area contributed by atoms with Crippen molar-refractivity contribution < 1.29 is 0 Å². The van der Waals surface area contributed by atoms with Gasteiger partial charge < -0.3 is 0 Å². The Kier molecular flexibility index (Phi) is 2.89. The molecule has 48 valence electrons. The van der Waals surface area contributed by atoms with Crippen molar-refractivity contribution in [2.75, 3.05) is 11.6 Å². The van der Waals surface area contributed by atoms with Gasteiger partial charge in [0.05, 0.1) is 11.3 Å². The summed E-state index contributed by atoms with van der Waals surface area (Å²) in [5.74, 6) is 2.24. The molecule has 0 aromatic carbocycles. The van der Waals surface area contributed by atoms with E-state index in [1.165, 1.54) is 5.75 Å². The van der Waals surface area contributed by atoms with E-state index in [-0.39, 0.29) is 0 Å². The molecule has 1 unspecified atom stereocenters. The molecule has 1 nitrogen and oxygen atoms in total. The number of thiol groups is 2. The highest BCUT2D eigenvalue weighted by atomic mass is 32.2. The normalized spacial score (nSPS) is 33.0. The van der Waals surface area contributed by atoms with Crippen molar-refractivity contribution >= 4 is 37.2 Å². The summed E-state index contributed by atoms with van der Waals surface area (Å²) in [4.78, 5) is 0. The van der Waals surface area contributed by atoms with Gasteiger partial charge in [-0.3, -0.25) is 0 Å². The number of nitrogens with zero attached hydrogens (tertiary/aromatic N) is 1. The van der Waals surface area contributed by atoms with Gasteiger partial charge in [-0.25, -0.2) is 4.31 Å². The fourth-order valence-electron chi connectivity index (χ4n) is 0.582. The highest BCUT2D eigenvalue weighted by Crippen LogP contribution is 2.23. The van der Waals surface area contributed by atoms with Gasteiger partial charge in [-0.05, 0) is 12.2 Å². The van der Waals surface area contributed by atoms with Crippen molar-refractivity contribution in [3.8, 4) is 0 Å². The smallest absolute Gasteiger partial charge is 0.0641 e. The predicted octanol–water partition coefficient (Wildman–Crippen LogP) is 1.48. The van der Waals surface area contributed by atoms with Crippen molar-refractivity contribution in [1.29, 1.82) is 0 Å². The van der Waals surface area contributed by atoms with Gasteiger partial charge in [0.25, 0.3) is 0 Å². The molecule has 1 saturated heterocycles. The molecule has 0 N–H and O–H groups in total. The van der Waals surface area contributed by atoms with Crippen LogP contribution in [0.3, 0.4) is 0 Å². The lowest BCUT2D eigenvalue weighted by atomic mass is 10.5. The highest BCUT2D eigenvalue weighted by Gasteiger charge is 2.14. The SMILES string of the molecule is SC1CCSCN1S. The van der Waals surface area contributed by atoms with Crippen LogP contribution in [0.5, 0.6) is 0 Å². The fourth-order valence-corrected chi connectivity index (χ4v) is 2.32. The van der Waals surface area contributed by atoms with E-state index in [0.717, 1.165) is 12.3 Å². The Morgan fingerprint density at radius 1 is 1.62 bits per heavy atom. The Labute approximate surface area is 65.2 Å². The molecule has 1 fully saturated rings.